The first-order chi connectivity index (χ1) is 10.5. The maximum absolute atomic E-state index is 10.4. The average molecular weight is 303 g/mol. The van der Waals surface area contributed by atoms with Crippen LogP contribution in [0.1, 0.15) is 50.7 Å². The van der Waals surface area contributed by atoms with Crippen LogP contribution in [-0.4, -0.2) is 40.9 Å². The Balaban J connectivity index is 1.60. The molecule has 0 amide bonds. The van der Waals surface area contributed by atoms with E-state index in [1.165, 1.54) is 11.1 Å². The highest BCUT2D eigenvalue weighted by molar-refractivity contribution is 5.27. The molecule has 0 radical (unpaired) electrons. The highest BCUT2D eigenvalue weighted by Crippen LogP contribution is 2.39. The van der Waals surface area contributed by atoms with Crippen molar-refractivity contribution in [1.29, 1.82) is 0 Å². The molecule has 2 heterocycles. The second-order valence-electron chi connectivity index (χ2n) is 7.35. The zero-order valence-electron chi connectivity index (χ0n) is 14.0. The molecule has 1 unspecified atom stereocenters. The van der Waals surface area contributed by atoms with Crippen molar-refractivity contribution in [2.45, 2.75) is 63.7 Å². The molecule has 0 saturated carbocycles. The minimum absolute atomic E-state index is 0.0808. The van der Waals surface area contributed by atoms with Crippen molar-refractivity contribution in [2.24, 2.45) is 0 Å². The van der Waals surface area contributed by atoms with Gasteiger partial charge in [-0.15, -0.1) is 0 Å². The molecule has 1 atom stereocenters. The van der Waals surface area contributed by atoms with E-state index in [0.717, 1.165) is 51.7 Å². The van der Waals surface area contributed by atoms with Gasteiger partial charge in [0.2, 0.25) is 0 Å². The van der Waals surface area contributed by atoms with Crippen LogP contribution in [0.4, 0.5) is 0 Å². The molecule has 0 aromatic heterocycles. The Bertz CT molecular complexity index is 504. The standard InChI is InChI=1S/C19H29NO2/c1-3-16-6-4-5-7-17(16)14-20-11-8-19(9-12-20)15-18(2,21)10-13-22-19/h4-7,21H,3,8-15H2,1-2H3. The molecule has 3 nitrogen and oxygen atoms in total. The quantitative estimate of drug-likeness (QED) is 0.931. The van der Waals surface area contributed by atoms with Crippen LogP contribution in [0.5, 0.6) is 0 Å². The molecule has 1 spiro atoms. The summed E-state index contributed by atoms with van der Waals surface area (Å²) in [7, 11) is 0. The normalized spacial score (nSPS) is 28.9. The summed E-state index contributed by atoms with van der Waals surface area (Å²) in [5, 5.41) is 10.4. The number of benzene rings is 1. The van der Waals surface area contributed by atoms with Crippen molar-refractivity contribution < 1.29 is 9.84 Å². The van der Waals surface area contributed by atoms with Gasteiger partial charge in [-0.2, -0.15) is 0 Å². The number of aryl methyl sites for hydroxylation is 1. The van der Waals surface area contributed by atoms with E-state index in [1.807, 2.05) is 6.92 Å². The minimum atomic E-state index is -0.546. The Morgan fingerprint density at radius 1 is 1.14 bits per heavy atom. The Hall–Kier alpha value is -0.900. The smallest absolute Gasteiger partial charge is 0.0734 e. The molecule has 1 N–H and O–H groups in total. The lowest BCUT2D eigenvalue weighted by Gasteiger charge is -2.48. The van der Waals surface area contributed by atoms with Crippen molar-refractivity contribution in [3.63, 3.8) is 0 Å². The van der Waals surface area contributed by atoms with Crippen molar-refractivity contribution in [3.8, 4) is 0 Å². The molecule has 2 aliphatic rings. The van der Waals surface area contributed by atoms with Gasteiger partial charge >= 0.3 is 0 Å². The number of ether oxygens (including phenoxy) is 1. The van der Waals surface area contributed by atoms with E-state index in [0.29, 0.717) is 6.61 Å². The van der Waals surface area contributed by atoms with E-state index in [2.05, 4.69) is 36.1 Å². The number of nitrogens with zero attached hydrogens (tertiary/aromatic N) is 1. The first-order valence-electron chi connectivity index (χ1n) is 8.67. The first-order valence-corrected chi connectivity index (χ1v) is 8.67. The topological polar surface area (TPSA) is 32.7 Å². The average Bonchev–Trinajstić information content (AvgIpc) is 2.49. The molecule has 0 bridgehead atoms. The summed E-state index contributed by atoms with van der Waals surface area (Å²) in [5.74, 6) is 0. The van der Waals surface area contributed by atoms with Gasteiger partial charge in [-0.05, 0) is 43.7 Å². The second kappa shape index (κ2) is 6.31. The predicted molar refractivity (Wildman–Crippen MR) is 88.9 cm³/mol. The van der Waals surface area contributed by atoms with E-state index in [1.54, 1.807) is 0 Å². The first kappa shape index (κ1) is 16.0. The Morgan fingerprint density at radius 3 is 2.45 bits per heavy atom. The number of hydrogen-bond donors (Lipinski definition) is 1. The third kappa shape index (κ3) is 3.53. The molecule has 3 rings (SSSR count). The molecule has 2 aliphatic heterocycles. The number of rotatable bonds is 3. The molecule has 1 aromatic carbocycles. The SMILES string of the molecule is CCc1ccccc1CN1CCC2(CC1)CC(C)(O)CCO2. The minimum Gasteiger partial charge on any atom is -0.390 e. The van der Waals surface area contributed by atoms with Crippen LogP contribution in [0.2, 0.25) is 0 Å². The van der Waals surface area contributed by atoms with Crippen LogP contribution in [0.3, 0.4) is 0 Å². The maximum Gasteiger partial charge on any atom is 0.0734 e. The van der Waals surface area contributed by atoms with Crippen LogP contribution in [0, 0.1) is 0 Å². The fourth-order valence-electron chi connectivity index (χ4n) is 4.06. The fourth-order valence-corrected chi connectivity index (χ4v) is 4.06. The summed E-state index contributed by atoms with van der Waals surface area (Å²) in [6.07, 6.45) is 4.73. The third-order valence-corrected chi connectivity index (χ3v) is 5.41. The number of piperidine rings is 1. The lowest BCUT2D eigenvalue weighted by molar-refractivity contribution is -0.173. The zero-order chi connectivity index (χ0) is 15.6. The Kier molecular flexibility index (Phi) is 4.58. The lowest BCUT2D eigenvalue weighted by Crippen LogP contribution is -2.53. The summed E-state index contributed by atoms with van der Waals surface area (Å²) in [4.78, 5) is 2.53. The number of aliphatic hydroxyl groups is 1. The summed E-state index contributed by atoms with van der Waals surface area (Å²) in [5.41, 5.74) is 2.29. The van der Waals surface area contributed by atoms with Gasteiger partial charge in [0.1, 0.15) is 0 Å². The molecule has 2 fully saturated rings. The van der Waals surface area contributed by atoms with E-state index < -0.39 is 5.60 Å². The van der Waals surface area contributed by atoms with E-state index in [-0.39, 0.29) is 5.60 Å². The van der Waals surface area contributed by atoms with Gasteiger partial charge in [-0.3, -0.25) is 4.90 Å². The predicted octanol–water partition coefficient (Wildman–Crippen LogP) is 3.15. The largest absolute Gasteiger partial charge is 0.390 e. The number of likely N-dealkylation sites (tertiary alicyclic amines) is 1. The molecule has 1 aromatic rings. The summed E-state index contributed by atoms with van der Waals surface area (Å²) >= 11 is 0. The molecular weight excluding hydrogens is 274 g/mol. The third-order valence-electron chi connectivity index (χ3n) is 5.41. The maximum atomic E-state index is 10.4. The number of hydrogen-bond acceptors (Lipinski definition) is 3. The van der Waals surface area contributed by atoms with Gasteiger partial charge in [0.25, 0.3) is 0 Å². The van der Waals surface area contributed by atoms with Crippen LogP contribution in [0.25, 0.3) is 0 Å². The highest BCUT2D eigenvalue weighted by atomic mass is 16.5. The molecule has 3 heteroatoms. The lowest BCUT2D eigenvalue weighted by atomic mass is 9.78. The van der Waals surface area contributed by atoms with Crippen LogP contribution in [0.15, 0.2) is 24.3 Å². The van der Waals surface area contributed by atoms with Crippen molar-refractivity contribution >= 4 is 0 Å². The monoisotopic (exact) mass is 303 g/mol. The van der Waals surface area contributed by atoms with E-state index in [4.69, 9.17) is 4.74 Å². The van der Waals surface area contributed by atoms with Crippen molar-refractivity contribution in [3.05, 3.63) is 35.4 Å². The van der Waals surface area contributed by atoms with Crippen LogP contribution in [-0.2, 0) is 17.7 Å². The zero-order valence-corrected chi connectivity index (χ0v) is 14.0. The van der Waals surface area contributed by atoms with Gasteiger partial charge < -0.3 is 9.84 Å². The van der Waals surface area contributed by atoms with E-state index in [9.17, 15) is 5.11 Å². The van der Waals surface area contributed by atoms with Crippen molar-refractivity contribution in [2.75, 3.05) is 19.7 Å². The molecule has 2 saturated heterocycles. The molecular formula is C19H29NO2. The van der Waals surface area contributed by atoms with E-state index >= 15 is 0 Å². The summed E-state index contributed by atoms with van der Waals surface area (Å²) in [6.45, 7) is 8.05. The van der Waals surface area contributed by atoms with Crippen LogP contribution >= 0.6 is 0 Å². The van der Waals surface area contributed by atoms with Gasteiger partial charge in [0.15, 0.2) is 0 Å². The van der Waals surface area contributed by atoms with Gasteiger partial charge in [-0.1, -0.05) is 31.2 Å². The van der Waals surface area contributed by atoms with Gasteiger partial charge in [0.05, 0.1) is 17.8 Å². The Labute approximate surface area is 134 Å². The summed E-state index contributed by atoms with van der Waals surface area (Å²) in [6, 6.07) is 8.76. The van der Waals surface area contributed by atoms with Crippen LogP contribution < -0.4 is 0 Å². The van der Waals surface area contributed by atoms with Crippen molar-refractivity contribution in [1.82, 2.24) is 4.90 Å². The van der Waals surface area contributed by atoms with Gasteiger partial charge in [0, 0.05) is 26.1 Å². The summed E-state index contributed by atoms with van der Waals surface area (Å²) < 4.78 is 6.10. The molecule has 22 heavy (non-hydrogen) atoms. The fraction of sp³-hybridized carbons (Fsp3) is 0.684. The Morgan fingerprint density at radius 2 is 1.82 bits per heavy atom. The second-order valence-corrected chi connectivity index (χ2v) is 7.35. The highest BCUT2D eigenvalue weighted by Gasteiger charge is 2.44. The van der Waals surface area contributed by atoms with Gasteiger partial charge in [-0.25, -0.2) is 0 Å². The molecule has 122 valence electrons. The molecule has 0 aliphatic carbocycles.